The van der Waals surface area contributed by atoms with Gasteiger partial charge in [0.05, 0.1) is 5.01 Å². The van der Waals surface area contributed by atoms with Crippen LogP contribution in [-0.2, 0) is 13.0 Å². The van der Waals surface area contributed by atoms with Crippen molar-refractivity contribution >= 4 is 11.3 Å². The smallest absolute Gasteiger partial charge is 0.0925 e. The van der Waals surface area contributed by atoms with Gasteiger partial charge in [0.1, 0.15) is 0 Å². The Bertz CT molecular complexity index is 312. The zero-order chi connectivity index (χ0) is 10.9. The summed E-state index contributed by atoms with van der Waals surface area (Å²) in [5.74, 6) is 2.65. The van der Waals surface area contributed by atoms with E-state index in [4.69, 9.17) is 6.42 Å². The molecule has 1 rings (SSSR count). The Morgan fingerprint density at radius 3 is 3.07 bits per heavy atom. The normalized spacial score (nSPS) is 10.1. The Morgan fingerprint density at radius 1 is 1.53 bits per heavy atom. The average molecular weight is 222 g/mol. The molecule has 82 valence electrons. The fourth-order valence-corrected chi connectivity index (χ4v) is 2.11. The highest BCUT2D eigenvalue weighted by molar-refractivity contribution is 7.11. The van der Waals surface area contributed by atoms with Crippen molar-refractivity contribution < 1.29 is 0 Å². The fraction of sp³-hybridized carbons (Fsp3) is 0.583. The monoisotopic (exact) mass is 222 g/mol. The number of nitrogens with zero attached hydrogens (tertiary/aromatic N) is 1. The summed E-state index contributed by atoms with van der Waals surface area (Å²) in [6.07, 6.45) is 11.3. The van der Waals surface area contributed by atoms with Gasteiger partial charge in [0.25, 0.3) is 0 Å². The number of hydrogen-bond donors (Lipinski definition) is 1. The van der Waals surface area contributed by atoms with Gasteiger partial charge in [-0.3, -0.25) is 0 Å². The molecule has 0 amide bonds. The maximum atomic E-state index is 5.18. The summed E-state index contributed by atoms with van der Waals surface area (Å²) in [4.78, 5) is 5.64. The molecule has 0 aromatic carbocycles. The number of hydrogen-bond acceptors (Lipinski definition) is 3. The molecule has 2 nitrogen and oxygen atoms in total. The Morgan fingerprint density at radius 2 is 2.40 bits per heavy atom. The maximum absolute atomic E-state index is 5.18. The molecule has 0 aliphatic rings. The van der Waals surface area contributed by atoms with Crippen molar-refractivity contribution in [3.8, 4) is 12.3 Å². The van der Waals surface area contributed by atoms with Gasteiger partial charge in [-0.15, -0.1) is 23.7 Å². The summed E-state index contributed by atoms with van der Waals surface area (Å²) < 4.78 is 0. The molecule has 0 atom stereocenters. The van der Waals surface area contributed by atoms with Crippen LogP contribution in [0.1, 0.15) is 36.1 Å². The number of terminal acetylenes is 1. The van der Waals surface area contributed by atoms with E-state index < -0.39 is 0 Å². The van der Waals surface area contributed by atoms with E-state index in [0.717, 1.165) is 38.8 Å². The van der Waals surface area contributed by atoms with Crippen LogP contribution < -0.4 is 5.32 Å². The molecule has 3 heteroatoms. The van der Waals surface area contributed by atoms with Crippen molar-refractivity contribution in [1.29, 1.82) is 0 Å². The molecule has 0 fully saturated rings. The Balaban J connectivity index is 2.07. The number of aromatic nitrogens is 1. The van der Waals surface area contributed by atoms with Gasteiger partial charge in [-0.1, -0.05) is 6.92 Å². The van der Waals surface area contributed by atoms with Crippen LogP contribution in [0.5, 0.6) is 0 Å². The molecule has 1 aromatic heterocycles. The van der Waals surface area contributed by atoms with E-state index >= 15 is 0 Å². The summed E-state index contributed by atoms with van der Waals surface area (Å²) in [7, 11) is 0. The molecule has 0 aliphatic heterocycles. The molecule has 0 bridgehead atoms. The number of nitrogens with one attached hydrogen (secondary N) is 1. The predicted octanol–water partition coefficient (Wildman–Crippen LogP) is 2.60. The van der Waals surface area contributed by atoms with E-state index in [-0.39, 0.29) is 0 Å². The van der Waals surface area contributed by atoms with Crippen LogP contribution in [0.2, 0.25) is 0 Å². The predicted molar refractivity (Wildman–Crippen MR) is 65.9 cm³/mol. The topological polar surface area (TPSA) is 24.9 Å². The quantitative estimate of drug-likeness (QED) is 0.566. The van der Waals surface area contributed by atoms with E-state index in [1.54, 1.807) is 11.3 Å². The van der Waals surface area contributed by atoms with E-state index in [2.05, 4.69) is 23.1 Å². The minimum absolute atomic E-state index is 0.891. The van der Waals surface area contributed by atoms with Gasteiger partial charge >= 0.3 is 0 Å². The van der Waals surface area contributed by atoms with Crippen LogP contribution in [0.25, 0.3) is 0 Å². The second-order valence-corrected chi connectivity index (χ2v) is 4.61. The summed E-state index contributed by atoms with van der Waals surface area (Å²) >= 11 is 1.80. The molecular formula is C12H18N2S. The highest BCUT2D eigenvalue weighted by atomic mass is 32.1. The van der Waals surface area contributed by atoms with Crippen LogP contribution in [0, 0.1) is 12.3 Å². The minimum atomic E-state index is 0.891. The summed E-state index contributed by atoms with van der Waals surface area (Å²) in [5.41, 5.74) is 0. The second-order valence-electron chi connectivity index (χ2n) is 3.41. The second kappa shape index (κ2) is 7.44. The number of rotatable bonds is 7. The maximum Gasteiger partial charge on any atom is 0.0925 e. The molecule has 1 aromatic rings. The molecule has 0 unspecified atom stereocenters. The number of aryl methyl sites for hydroxylation is 1. The Hall–Kier alpha value is -0.850. The summed E-state index contributed by atoms with van der Waals surface area (Å²) in [6.45, 7) is 4.12. The van der Waals surface area contributed by atoms with Crippen molar-refractivity contribution in [2.45, 2.75) is 39.2 Å². The zero-order valence-corrected chi connectivity index (χ0v) is 10.1. The van der Waals surface area contributed by atoms with Crippen molar-refractivity contribution in [2.24, 2.45) is 0 Å². The highest BCUT2D eigenvalue weighted by Gasteiger charge is 1.98. The third-order valence-electron chi connectivity index (χ3n) is 2.13. The van der Waals surface area contributed by atoms with E-state index in [1.165, 1.54) is 9.88 Å². The highest BCUT2D eigenvalue weighted by Crippen LogP contribution is 2.12. The molecule has 1 N–H and O–H groups in total. The van der Waals surface area contributed by atoms with Gasteiger partial charge < -0.3 is 5.32 Å². The van der Waals surface area contributed by atoms with E-state index in [1.807, 2.05) is 6.20 Å². The molecule has 0 radical (unpaired) electrons. The Kier molecular flexibility index (Phi) is 6.06. The third-order valence-corrected chi connectivity index (χ3v) is 3.27. The van der Waals surface area contributed by atoms with Crippen LogP contribution >= 0.6 is 11.3 Å². The Labute approximate surface area is 96.1 Å². The molecule has 0 saturated carbocycles. The summed E-state index contributed by atoms with van der Waals surface area (Å²) in [5, 5.41) is 4.62. The van der Waals surface area contributed by atoms with Gasteiger partial charge in [0.2, 0.25) is 0 Å². The molecule has 0 aliphatic carbocycles. The fourth-order valence-electron chi connectivity index (χ4n) is 1.28. The first kappa shape index (κ1) is 12.2. The molecule has 1 heterocycles. The van der Waals surface area contributed by atoms with Crippen LogP contribution in [-0.4, -0.2) is 11.5 Å². The van der Waals surface area contributed by atoms with Crippen LogP contribution in [0.15, 0.2) is 6.20 Å². The van der Waals surface area contributed by atoms with Gasteiger partial charge in [0, 0.05) is 24.0 Å². The number of unbranched alkanes of at least 4 members (excludes halogenated alkanes) is 2. The largest absolute Gasteiger partial charge is 0.312 e. The third kappa shape index (κ3) is 4.96. The SMILES string of the molecule is C#CCCCCNCc1cnc(CC)s1. The standard InChI is InChI=1S/C12H18N2S/c1-3-5-6-7-8-13-9-11-10-14-12(4-2)15-11/h1,10,13H,4-9H2,2H3. The van der Waals surface area contributed by atoms with Crippen molar-refractivity contribution in [3.05, 3.63) is 16.1 Å². The van der Waals surface area contributed by atoms with Crippen LogP contribution in [0.4, 0.5) is 0 Å². The van der Waals surface area contributed by atoms with Crippen molar-refractivity contribution in [1.82, 2.24) is 10.3 Å². The van der Waals surface area contributed by atoms with E-state index in [9.17, 15) is 0 Å². The first-order chi connectivity index (χ1) is 7.36. The first-order valence-corrected chi connectivity index (χ1v) is 6.26. The average Bonchev–Trinajstić information content (AvgIpc) is 2.71. The van der Waals surface area contributed by atoms with E-state index in [0.29, 0.717) is 0 Å². The first-order valence-electron chi connectivity index (χ1n) is 5.44. The molecular weight excluding hydrogens is 204 g/mol. The molecule has 0 spiro atoms. The summed E-state index contributed by atoms with van der Waals surface area (Å²) in [6, 6.07) is 0. The molecule has 0 saturated heterocycles. The van der Waals surface area contributed by atoms with Gasteiger partial charge in [-0.2, -0.15) is 0 Å². The van der Waals surface area contributed by atoms with Gasteiger partial charge in [-0.25, -0.2) is 4.98 Å². The lowest BCUT2D eigenvalue weighted by molar-refractivity contribution is 0.633. The lowest BCUT2D eigenvalue weighted by Gasteiger charge is -2.00. The lowest BCUT2D eigenvalue weighted by Crippen LogP contribution is -2.13. The van der Waals surface area contributed by atoms with Gasteiger partial charge in [-0.05, 0) is 25.8 Å². The van der Waals surface area contributed by atoms with Gasteiger partial charge in [0.15, 0.2) is 0 Å². The lowest BCUT2D eigenvalue weighted by atomic mass is 10.2. The van der Waals surface area contributed by atoms with Crippen molar-refractivity contribution in [3.63, 3.8) is 0 Å². The molecule has 15 heavy (non-hydrogen) atoms. The minimum Gasteiger partial charge on any atom is -0.312 e. The zero-order valence-electron chi connectivity index (χ0n) is 9.25. The van der Waals surface area contributed by atoms with Crippen molar-refractivity contribution in [2.75, 3.05) is 6.54 Å². The number of thiazole rings is 1. The van der Waals surface area contributed by atoms with Crippen LogP contribution in [0.3, 0.4) is 0 Å².